The maximum Gasteiger partial charge on any atom is 0.175 e. The van der Waals surface area contributed by atoms with Gasteiger partial charge in [-0.05, 0) is 77.8 Å². The van der Waals surface area contributed by atoms with Crippen LogP contribution in [0.15, 0.2) is 46.9 Å². The SMILES string of the molecule is COc1cc(CNCCc2ccccc2)cc(Br)c1OC1CCCC1. The van der Waals surface area contributed by atoms with Gasteiger partial charge in [0, 0.05) is 6.54 Å². The Balaban J connectivity index is 1.57. The van der Waals surface area contributed by atoms with Gasteiger partial charge in [-0.25, -0.2) is 0 Å². The Bertz CT molecular complexity index is 669. The summed E-state index contributed by atoms with van der Waals surface area (Å²) >= 11 is 3.66. The van der Waals surface area contributed by atoms with E-state index in [1.807, 2.05) is 0 Å². The van der Waals surface area contributed by atoms with E-state index in [1.54, 1.807) is 7.11 Å². The lowest BCUT2D eigenvalue weighted by atomic mass is 10.1. The molecule has 0 heterocycles. The Morgan fingerprint density at radius 3 is 2.56 bits per heavy atom. The molecule has 1 N–H and O–H groups in total. The molecular formula is C21H26BrNO2. The maximum absolute atomic E-state index is 6.17. The standard InChI is InChI=1S/C21H26BrNO2/c1-24-20-14-17(15-23-12-11-16-7-3-2-4-8-16)13-19(22)21(20)25-18-9-5-6-10-18/h2-4,7-8,13-14,18,23H,5-6,9-12,15H2,1H3. The van der Waals surface area contributed by atoms with Crippen LogP contribution in [0.1, 0.15) is 36.8 Å². The first kappa shape index (κ1) is 18.3. The minimum atomic E-state index is 0.319. The monoisotopic (exact) mass is 403 g/mol. The van der Waals surface area contributed by atoms with Crippen molar-refractivity contribution in [3.63, 3.8) is 0 Å². The van der Waals surface area contributed by atoms with E-state index < -0.39 is 0 Å². The summed E-state index contributed by atoms with van der Waals surface area (Å²) < 4.78 is 12.7. The molecule has 0 saturated heterocycles. The molecule has 25 heavy (non-hydrogen) atoms. The van der Waals surface area contributed by atoms with E-state index in [-0.39, 0.29) is 0 Å². The average Bonchev–Trinajstić information content (AvgIpc) is 3.15. The van der Waals surface area contributed by atoms with Gasteiger partial charge in [0.05, 0.1) is 17.7 Å². The van der Waals surface area contributed by atoms with Crippen molar-refractivity contribution in [2.75, 3.05) is 13.7 Å². The molecule has 0 atom stereocenters. The lowest BCUT2D eigenvalue weighted by molar-refractivity contribution is 0.199. The smallest absolute Gasteiger partial charge is 0.175 e. The fourth-order valence-electron chi connectivity index (χ4n) is 3.27. The topological polar surface area (TPSA) is 30.5 Å². The second-order valence-electron chi connectivity index (χ2n) is 6.55. The molecule has 0 aromatic heterocycles. The van der Waals surface area contributed by atoms with Crippen LogP contribution in [-0.4, -0.2) is 19.8 Å². The molecule has 0 unspecified atom stereocenters. The van der Waals surface area contributed by atoms with Crippen molar-refractivity contribution in [3.05, 3.63) is 58.1 Å². The van der Waals surface area contributed by atoms with Crippen molar-refractivity contribution in [2.45, 2.75) is 44.8 Å². The first-order chi connectivity index (χ1) is 12.3. The van der Waals surface area contributed by atoms with Crippen molar-refractivity contribution in [3.8, 4) is 11.5 Å². The summed E-state index contributed by atoms with van der Waals surface area (Å²) in [7, 11) is 1.70. The minimum absolute atomic E-state index is 0.319. The van der Waals surface area contributed by atoms with Crippen molar-refractivity contribution in [2.24, 2.45) is 0 Å². The first-order valence-electron chi connectivity index (χ1n) is 9.04. The quantitative estimate of drug-likeness (QED) is 0.620. The van der Waals surface area contributed by atoms with Crippen molar-refractivity contribution in [1.29, 1.82) is 0 Å². The third kappa shape index (κ3) is 5.23. The van der Waals surface area contributed by atoms with E-state index in [0.717, 1.165) is 48.3 Å². The molecule has 0 bridgehead atoms. The zero-order valence-corrected chi connectivity index (χ0v) is 16.3. The summed E-state index contributed by atoms with van der Waals surface area (Å²) in [5, 5.41) is 3.50. The number of nitrogens with one attached hydrogen (secondary N) is 1. The van der Waals surface area contributed by atoms with Gasteiger partial charge in [-0.2, -0.15) is 0 Å². The van der Waals surface area contributed by atoms with E-state index in [2.05, 4.69) is 63.7 Å². The van der Waals surface area contributed by atoms with Crippen LogP contribution in [-0.2, 0) is 13.0 Å². The van der Waals surface area contributed by atoms with E-state index in [4.69, 9.17) is 9.47 Å². The van der Waals surface area contributed by atoms with Crippen molar-refractivity contribution < 1.29 is 9.47 Å². The number of halogens is 1. The van der Waals surface area contributed by atoms with Gasteiger partial charge in [0.2, 0.25) is 0 Å². The maximum atomic E-state index is 6.17. The Morgan fingerprint density at radius 2 is 1.84 bits per heavy atom. The highest BCUT2D eigenvalue weighted by atomic mass is 79.9. The second kappa shape index (κ2) is 9.25. The molecule has 3 nitrogen and oxygen atoms in total. The molecule has 2 aromatic rings. The molecule has 1 aliphatic rings. The Kier molecular flexibility index (Phi) is 6.76. The molecule has 3 rings (SSSR count). The number of ether oxygens (including phenoxy) is 2. The molecule has 4 heteroatoms. The molecule has 0 radical (unpaired) electrons. The van der Waals surface area contributed by atoms with Gasteiger partial charge < -0.3 is 14.8 Å². The highest BCUT2D eigenvalue weighted by molar-refractivity contribution is 9.10. The van der Waals surface area contributed by atoms with E-state index in [0.29, 0.717) is 6.10 Å². The number of hydrogen-bond donors (Lipinski definition) is 1. The van der Waals surface area contributed by atoms with Gasteiger partial charge in [-0.3, -0.25) is 0 Å². The van der Waals surface area contributed by atoms with Crippen molar-refractivity contribution >= 4 is 15.9 Å². The largest absolute Gasteiger partial charge is 0.493 e. The highest BCUT2D eigenvalue weighted by Crippen LogP contribution is 2.39. The predicted molar refractivity (Wildman–Crippen MR) is 105 cm³/mol. The van der Waals surface area contributed by atoms with Crippen LogP contribution in [0.3, 0.4) is 0 Å². The molecule has 0 amide bonds. The van der Waals surface area contributed by atoms with Gasteiger partial charge in [0.15, 0.2) is 11.5 Å². The van der Waals surface area contributed by atoms with Crippen LogP contribution in [0, 0.1) is 0 Å². The Morgan fingerprint density at radius 1 is 1.08 bits per heavy atom. The fourth-order valence-corrected chi connectivity index (χ4v) is 3.86. The highest BCUT2D eigenvalue weighted by Gasteiger charge is 2.20. The second-order valence-corrected chi connectivity index (χ2v) is 7.40. The minimum Gasteiger partial charge on any atom is -0.493 e. The number of hydrogen-bond acceptors (Lipinski definition) is 3. The van der Waals surface area contributed by atoms with Crippen LogP contribution in [0.5, 0.6) is 11.5 Å². The average molecular weight is 404 g/mol. The molecular weight excluding hydrogens is 378 g/mol. The van der Waals surface area contributed by atoms with Crippen LogP contribution < -0.4 is 14.8 Å². The zero-order chi connectivity index (χ0) is 17.5. The van der Waals surface area contributed by atoms with Crippen LogP contribution in [0.2, 0.25) is 0 Å². The fraction of sp³-hybridized carbons (Fsp3) is 0.429. The molecule has 0 aliphatic heterocycles. The number of rotatable bonds is 8. The van der Waals surface area contributed by atoms with Crippen molar-refractivity contribution in [1.82, 2.24) is 5.32 Å². The molecule has 0 spiro atoms. The Hall–Kier alpha value is -1.52. The summed E-state index contributed by atoms with van der Waals surface area (Å²) in [6, 6.07) is 14.7. The van der Waals surface area contributed by atoms with E-state index >= 15 is 0 Å². The zero-order valence-electron chi connectivity index (χ0n) is 14.8. The molecule has 1 saturated carbocycles. The third-order valence-electron chi connectivity index (χ3n) is 4.64. The van der Waals surface area contributed by atoms with E-state index in [9.17, 15) is 0 Å². The summed E-state index contributed by atoms with van der Waals surface area (Å²) in [6.07, 6.45) is 6.14. The Labute approximate surface area is 158 Å². The molecule has 1 fully saturated rings. The van der Waals surface area contributed by atoms with Gasteiger partial charge in [-0.15, -0.1) is 0 Å². The third-order valence-corrected chi connectivity index (χ3v) is 5.23. The van der Waals surface area contributed by atoms with Gasteiger partial charge in [0.1, 0.15) is 0 Å². The summed E-state index contributed by atoms with van der Waals surface area (Å²) in [5.41, 5.74) is 2.55. The first-order valence-corrected chi connectivity index (χ1v) is 9.83. The lowest BCUT2D eigenvalue weighted by Gasteiger charge is -2.18. The normalized spacial score (nSPS) is 14.6. The number of methoxy groups -OCH3 is 1. The summed E-state index contributed by atoms with van der Waals surface area (Å²) in [5.74, 6) is 1.64. The van der Waals surface area contributed by atoms with Crippen LogP contribution >= 0.6 is 15.9 Å². The van der Waals surface area contributed by atoms with Gasteiger partial charge in [0.25, 0.3) is 0 Å². The number of benzene rings is 2. The van der Waals surface area contributed by atoms with Crippen LogP contribution in [0.25, 0.3) is 0 Å². The van der Waals surface area contributed by atoms with Gasteiger partial charge in [-0.1, -0.05) is 30.3 Å². The van der Waals surface area contributed by atoms with Crippen LogP contribution in [0.4, 0.5) is 0 Å². The lowest BCUT2D eigenvalue weighted by Crippen LogP contribution is -2.17. The summed E-state index contributed by atoms with van der Waals surface area (Å²) in [4.78, 5) is 0. The van der Waals surface area contributed by atoms with Gasteiger partial charge >= 0.3 is 0 Å². The molecule has 1 aliphatic carbocycles. The predicted octanol–water partition coefficient (Wildman–Crippen LogP) is 5.11. The van der Waals surface area contributed by atoms with E-state index in [1.165, 1.54) is 24.0 Å². The summed E-state index contributed by atoms with van der Waals surface area (Å²) in [6.45, 7) is 1.76. The molecule has 2 aromatic carbocycles. The molecule has 134 valence electrons.